The lowest BCUT2D eigenvalue weighted by Crippen LogP contribution is -2.46. The number of rotatable bonds is 4. The number of piperidine rings is 1. The Kier molecular flexibility index (Phi) is 5.03. The number of amides is 2. The number of hydrogen-bond donors (Lipinski definition) is 2. The zero-order valence-electron chi connectivity index (χ0n) is 12.2. The lowest BCUT2D eigenvalue weighted by molar-refractivity contribution is -0.137. The molecule has 1 aromatic rings. The number of likely N-dealkylation sites (tertiary alicyclic amines) is 1. The minimum atomic E-state index is -0.125. The summed E-state index contributed by atoms with van der Waals surface area (Å²) in [6, 6.07) is 6.97. The predicted octanol–water partition coefficient (Wildman–Crippen LogP) is 0.632. The molecular weight excluding hydrogens is 270 g/mol. The standard InChI is InChI=1S/C15H21N3O3/c1-17-15(20)11-4-3-7-18(9-11)14(19)10-21-13-6-2-5-12(16)8-13/h2,5-6,8,11H,3-4,7,9-10,16H2,1H3,(H,17,20). The maximum atomic E-state index is 12.2. The van der Waals surface area contributed by atoms with Crippen molar-refractivity contribution >= 4 is 17.5 Å². The second-order valence-electron chi connectivity index (χ2n) is 5.15. The van der Waals surface area contributed by atoms with E-state index < -0.39 is 0 Å². The summed E-state index contributed by atoms with van der Waals surface area (Å²) in [5.74, 6) is 0.332. The fraction of sp³-hybridized carbons (Fsp3) is 0.467. The molecule has 6 nitrogen and oxygen atoms in total. The lowest BCUT2D eigenvalue weighted by atomic mass is 9.97. The van der Waals surface area contributed by atoms with Crippen LogP contribution in [-0.4, -0.2) is 43.5 Å². The number of hydrogen-bond acceptors (Lipinski definition) is 4. The van der Waals surface area contributed by atoms with Crippen molar-refractivity contribution in [3.63, 3.8) is 0 Å². The van der Waals surface area contributed by atoms with Gasteiger partial charge in [0.15, 0.2) is 6.61 Å². The molecule has 1 heterocycles. The molecular formula is C15H21N3O3. The van der Waals surface area contributed by atoms with Crippen LogP contribution < -0.4 is 15.8 Å². The summed E-state index contributed by atoms with van der Waals surface area (Å²) in [7, 11) is 1.62. The second kappa shape index (κ2) is 6.97. The van der Waals surface area contributed by atoms with Crippen molar-refractivity contribution in [2.24, 2.45) is 5.92 Å². The van der Waals surface area contributed by atoms with Gasteiger partial charge in [-0.25, -0.2) is 0 Å². The van der Waals surface area contributed by atoms with E-state index in [1.165, 1.54) is 0 Å². The first-order chi connectivity index (χ1) is 10.1. The summed E-state index contributed by atoms with van der Waals surface area (Å²) < 4.78 is 5.45. The van der Waals surface area contributed by atoms with Gasteiger partial charge >= 0.3 is 0 Å². The number of nitrogens with one attached hydrogen (secondary N) is 1. The molecule has 0 bridgehead atoms. The molecule has 0 spiro atoms. The first-order valence-electron chi connectivity index (χ1n) is 7.08. The van der Waals surface area contributed by atoms with Gasteiger partial charge in [0.05, 0.1) is 5.92 Å². The highest BCUT2D eigenvalue weighted by Gasteiger charge is 2.27. The van der Waals surface area contributed by atoms with Crippen molar-refractivity contribution in [1.82, 2.24) is 10.2 Å². The van der Waals surface area contributed by atoms with Crippen LogP contribution in [0, 0.1) is 5.92 Å². The van der Waals surface area contributed by atoms with E-state index in [1.807, 2.05) is 0 Å². The number of anilines is 1. The molecule has 114 valence electrons. The third kappa shape index (κ3) is 4.11. The molecule has 0 aromatic heterocycles. The summed E-state index contributed by atoms with van der Waals surface area (Å²) in [4.78, 5) is 25.5. The highest BCUT2D eigenvalue weighted by molar-refractivity contribution is 5.81. The third-order valence-electron chi connectivity index (χ3n) is 3.61. The molecule has 1 fully saturated rings. The van der Waals surface area contributed by atoms with Crippen molar-refractivity contribution in [2.45, 2.75) is 12.8 Å². The van der Waals surface area contributed by atoms with E-state index in [4.69, 9.17) is 10.5 Å². The fourth-order valence-electron chi connectivity index (χ4n) is 2.46. The first-order valence-corrected chi connectivity index (χ1v) is 7.08. The Balaban J connectivity index is 1.86. The normalized spacial score (nSPS) is 18.1. The predicted molar refractivity (Wildman–Crippen MR) is 79.7 cm³/mol. The van der Waals surface area contributed by atoms with Crippen LogP contribution in [0.4, 0.5) is 5.69 Å². The number of nitrogens with two attached hydrogens (primary N) is 1. The van der Waals surface area contributed by atoms with Gasteiger partial charge in [-0.15, -0.1) is 0 Å². The number of nitrogen functional groups attached to an aromatic ring is 1. The summed E-state index contributed by atoms with van der Waals surface area (Å²) in [5.41, 5.74) is 6.25. The quantitative estimate of drug-likeness (QED) is 0.797. The Bertz CT molecular complexity index is 519. The second-order valence-corrected chi connectivity index (χ2v) is 5.15. The van der Waals surface area contributed by atoms with Crippen molar-refractivity contribution in [3.05, 3.63) is 24.3 Å². The molecule has 6 heteroatoms. The summed E-state index contributed by atoms with van der Waals surface area (Å²) in [6.07, 6.45) is 1.65. The molecule has 0 aliphatic carbocycles. The zero-order valence-corrected chi connectivity index (χ0v) is 12.2. The van der Waals surface area contributed by atoms with Gasteiger partial charge in [-0.05, 0) is 25.0 Å². The number of nitrogens with zero attached hydrogens (tertiary/aromatic N) is 1. The summed E-state index contributed by atoms with van der Waals surface area (Å²) >= 11 is 0. The largest absolute Gasteiger partial charge is 0.484 e. The van der Waals surface area contributed by atoms with Crippen LogP contribution in [-0.2, 0) is 9.59 Å². The van der Waals surface area contributed by atoms with E-state index in [-0.39, 0.29) is 24.3 Å². The maximum Gasteiger partial charge on any atom is 0.260 e. The Hall–Kier alpha value is -2.24. The molecule has 1 saturated heterocycles. The van der Waals surface area contributed by atoms with Crippen LogP contribution in [0.5, 0.6) is 5.75 Å². The van der Waals surface area contributed by atoms with E-state index in [9.17, 15) is 9.59 Å². The highest BCUT2D eigenvalue weighted by Crippen LogP contribution is 2.18. The number of ether oxygens (including phenoxy) is 1. The minimum Gasteiger partial charge on any atom is -0.484 e. The molecule has 2 amide bonds. The van der Waals surface area contributed by atoms with E-state index >= 15 is 0 Å². The summed E-state index contributed by atoms with van der Waals surface area (Å²) in [6.45, 7) is 1.09. The Labute approximate surface area is 124 Å². The third-order valence-corrected chi connectivity index (χ3v) is 3.61. The molecule has 1 aliphatic rings. The van der Waals surface area contributed by atoms with Gasteiger partial charge in [0, 0.05) is 31.9 Å². The topological polar surface area (TPSA) is 84.7 Å². The Morgan fingerprint density at radius 3 is 3.00 bits per heavy atom. The van der Waals surface area contributed by atoms with Crippen LogP contribution in [0.25, 0.3) is 0 Å². The van der Waals surface area contributed by atoms with Crippen LogP contribution in [0.1, 0.15) is 12.8 Å². The molecule has 0 saturated carbocycles. The van der Waals surface area contributed by atoms with Crippen LogP contribution in [0.15, 0.2) is 24.3 Å². The van der Waals surface area contributed by atoms with E-state index in [2.05, 4.69) is 5.32 Å². The number of carbonyl (C=O) groups is 2. The highest BCUT2D eigenvalue weighted by atomic mass is 16.5. The van der Waals surface area contributed by atoms with Crippen molar-refractivity contribution in [1.29, 1.82) is 0 Å². The van der Waals surface area contributed by atoms with Gasteiger partial charge in [0.1, 0.15) is 5.75 Å². The molecule has 1 aliphatic heterocycles. The van der Waals surface area contributed by atoms with Gasteiger partial charge in [-0.2, -0.15) is 0 Å². The molecule has 2 rings (SSSR count). The van der Waals surface area contributed by atoms with Gasteiger partial charge in [0.25, 0.3) is 5.91 Å². The zero-order chi connectivity index (χ0) is 15.2. The van der Waals surface area contributed by atoms with Gasteiger partial charge < -0.3 is 20.7 Å². The monoisotopic (exact) mass is 291 g/mol. The van der Waals surface area contributed by atoms with E-state index in [0.717, 1.165) is 12.8 Å². The van der Waals surface area contributed by atoms with Crippen LogP contribution in [0.2, 0.25) is 0 Å². The first kappa shape index (κ1) is 15.2. The molecule has 1 atom stereocenters. The van der Waals surface area contributed by atoms with Gasteiger partial charge in [-0.1, -0.05) is 6.07 Å². The molecule has 3 N–H and O–H groups in total. The summed E-state index contributed by atoms with van der Waals surface area (Å²) in [5, 5.41) is 2.64. The number of benzene rings is 1. The SMILES string of the molecule is CNC(=O)C1CCCN(C(=O)COc2cccc(N)c2)C1. The van der Waals surface area contributed by atoms with Crippen molar-refractivity contribution < 1.29 is 14.3 Å². The molecule has 1 aromatic carbocycles. The fourth-order valence-corrected chi connectivity index (χ4v) is 2.46. The average Bonchev–Trinajstić information content (AvgIpc) is 2.52. The van der Waals surface area contributed by atoms with Gasteiger partial charge in [-0.3, -0.25) is 9.59 Å². The maximum absolute atomic E-state index is 12.2. The molecule has 21 heavy (non-hydrogen) atoms. The van der Waals surface area contributed by atoms with Crippen molar-refractivity contribution in [2.75, 3.05) is 32.5 Å². The Morgan fingerprint density at radius 1 is 1.48 bits per heavy atom. The minimum absolute atomic E-state index is 0.00995. The Morgan fingerprint density at radius 2 is 2.29 bits per heavy atom. The number of carbonyl (C=O) groups excluding carboxylic acids is 2. The van der Waals surface area contributed by atoms with E-state index in [0.29, 0.717) is 24.5 Å². The molecule has 0 radical (unpaired) electrons. The average molecular weight is 291 g/mol. The van der Waals surface area contributed by atoms with E-state index in [1.54, 1.807) is 36.2 Å². The van der Waals surface area contributed by atoms with Crippen molar-refractivity contribution in [3.8, 4) is 5.75 Å². The van der Waals surface area contributed by atoms with Crippen LogP contribution >= 0.6 is 0 Å². The lowest BCUT2D eigenvalue weighted by Gasteiger charge is -2.31. The van der Waals surface area contributed by atoms with Gasteiger partial charge in [0.2, 0.25) is 5.91 Å². The van der Waals surface area contributed by atoms with Crippen LogP contribution in [0.3, 0.4) is 0 Å². The molecule has 1 unspecified atom stereocenters. The smallest absolute Gasteiger partial charge is 0.260 e.